The predicted molar refractivity (Wildman–Crippen MR) is 131 cm³/mol. The molecular weight excluding hydrogens is 408 g/mol. The molecule has 7 nitrogen and oxygen atoms in total. The van der Waals surface area contributed by atoms with Gasteiger partial charge in [0.25, 0.3) is 0 Å². The van der Waals surface area contributed by atoms with Crippen molar-refractivity contribution in [1.82, 2.24) is 15.0 Å². The Kier molecular flexibility index (Phi) is 8.23. The molecule has 0 saturated heterocycles. The number of nitrogens with zero attached hydrogens (tertiary/aromatic N) is 5. The van der Waals surface area contributed by atoms with Gasteiger partial charge in [-0.15, -0.1) is 0 Å². The summed E-state index contributed by atoms with van der Waals surface area (Å²) in [4.78, 5) is 18.5. The Hall–Kier alpha value is -2.22. The summed E-state index contributed by atoms with van der Waals surface area (Å²) >= 11 is 0. The minimum atomic E-state index is -2.18. The second kappa shape index (κ2) is 10.9. The molecule has 0 aliphatic heterocycles. The summed E-state index contributed by atoms with van der Waals surface area (Å²) in [5.41, 5.74) is 2.03. The standard InChI is InChI=1S/C23H36N6OS/c1-5-24-15-18(3)12-14-31(30,28-6-2)16-19-7-9-20(10-8-19)29(4)23-21-11-13-25-22(21)26-17-27-23/h5,11,13,15,17,19-20H,6-10,12,14,16H2,1-4H3,(H,25,26,27)/b18-15+,24-5-. The minimum Gasteiger partial charge on any atom is -0.356 e. The topological polar surface area (TPSA) is 86.6 Å². The molecule has 2 aromatic rings. The number of hydrogen-bond acceptors (Lipinski definition) is 6. The monoisotopic (exact) mass is 444 g/mol. The number of H-pyrrole nitrogens is 1. The molecule has 0 bridgehead atoms. The van der Waals surface area contributed by atoms with Crippen LogP contribution in [0.5, 0.6) is 0 Å². The smallest absolute Gasteiger partial charge is 0.142 e. The molecule has 0 radical (unpaired) electrons. The summed E-state index contributed by atoms with van der Waals surface area (Å²) in [7, 11) is -0.0479. The highest BCUT2D eigenvalue weighted by Gasteiger charge is 2.28. The number of nitrogens with one attached hydrogen (secondary N) is 1. The molecule has 0 amide bonds. The van der Waals surface area contributed by atoms with Gasteiger partial charge in [0.2, 0.25) is 0 Å². The number of anilines is 1. The first-order valence-electron chi connectivity index (χ1n) is 11.3. The second-order valence-corrected chi connectivity index (χ2v) is 11.0. The molecule has 0 aromatic carbocycles. The number of fused-ring (bicyclic) bond motifs is 1. The van der Waals surface area contributed by atoms with Crippen molar-refractivity contribution in [1.29, 1.82) is 0 Å². The van der Waals surface area contributed by atoms with Crippen LogP contribution in [0, 0.1) is 5.92 Å². The molecule has 0 spiro atoms. The van der Waals surface area contributed by atoms with Crippen LogP contribution in [0.2, 0.25) is 0 Å². The van der Waals surface area contributed by atoms with Gasteiger partial charge in [0.15, 0.2) is 0 Å². The fourth-order valence-electron chi connectivity index (χ4n) is 4.40. The molecule has 2 aromatic heterocycles. The zero-order chi connectivity index (χ0) is 22.3. The van der Waals surface area contributed by atoms with E-state index >= 15 is 0 Å². The zero-order valence-electron chi connectivity index (χ0n) is 19.3. The summed E-state index contributed by atoms with van der Waals surface area (Å²) in [6.45, 7) is 6.55. The first-order valence-corrected chi connectivity index (χ1v) is 13.1. The Balaban J connectivity index is 1.59. The van der Waals surface area contributed by atoms with Crippen LogP contribution in [-0.4, -0.2) is 56.5 Å². The van der Waals surface area contributed by atoms with E-state index in [1.807, 2.05) is 32.3 Å². The fourth-order valence-corrected chi connectivity index (χ4v) is 6.99. The van der Waals surface area contributed by atoms with Crippen LogP contribution in [0.15, 0.2) is 39.7 Å². The number of aromatic amines is 1. The Bertz CT molecular complexity index is 1030. The van der Waals surface area contributed by atoms with Gasteiger partial charge in [-0.2, -0.15) is 0 Å². The molecule has 1 aliphatic carbocycles. The van der Waals surface area contributed by atoms with Gasteiger partial charge in [0, 0.05) is 59.5 Å². The van der Waals surface area contributed by atoms with Crippen molar-refractivity contribution >= 4 is 32.8 Å². The highest BCUT2D eigenvalue weighted by atomic mass is 32.2. The largest absolute Gasteiger partial charge is 0.356 e. The summed E-state index contributed by atoms with van der Waals surface area (Å²) in [5, 5.41) is 1.06. The van der Waals surface area contributed by atoms with Crippen molar-refractivity contribution in [3.8, 4) is 0 Å². The number of aliphatic imine (C=N–C) groups is 1. The molecule has 1 atom stereocenters. The van der Waals surface area contributed by atoms with Crippen LogP contribution in [0.4, 0.5) is 5.82 Å². The molecule has 1 aliphatic rings. The highest BCUT2D eigenvalue weighted by molar-refractivity contribution is 7.93. The second-order valence-electron chi connectivity index (χ2n) is 8.44. The molecular formula is C23H36N6OS. The highest BCUT2D eigenvalue weighted by Crippen LogP contribution is 2.32. The van der Waals surface area contributed by atoms with Gasteiger partial charge in [-0.3, -0.25) is 4.99 Å². The third kappa shape index (κ3) is 6.15. The Morgan fingerprint density at radius 1 is 1.32 bits per heavy atom. The minimum absolute atomic E-state index is 0.445. The van der Waals surface area contributed by atoms with Crippen LogP contribution in [0.3, 0.4) is 0 Å². The van der Waals surface area contributed by atoms with Gasteiger partial charge in [0.1, 0.15) is 17.8 Å². The number of allylic oxidation sites excluding steroid dienone is 1. The lowest BCUT2D eigenvalue weighted by Gasteiger charge is -2.35. The van der Waals surface area contributed by atoms with E-state index in [4.69, 9.17) is 0 Å². The molecule has 31 heavy (non-hydrogen) atoms. The average Bonchev–Trinajstić information content (AvgIpc) is 3.25. The van der Waals surface area contributed by atoms with Gasteiger partial charge >= 0.3 is 0 Å². The van der Waals surface area contributed by atoms with E-state index in [2.05, 4.69) is 43.2 Å². The Morgan fingerprint density at radius 2 is 2.10 bits per heavy atom. The third-order valence-electron chi connectivity index (χ3n) is 6.15. The SMILES string of the molecule is C/C=N\C=C(/C)CCS(=O)(CC1CCC(N(C)c2ncnc3[nH]ccc23)CC1)=NCC. The van der Waals surface area contributed by atoms with Crippen molar-refractivity contribution < 1.29 is 4.21 Å². The van der Waals surface area contributed by atoms with E-state index in [1.54, 1.807) is 12.5 Å². The molecule has 8 heteroatoms. The van der Waals surface area contributed by atoms with E-state index in [0.717, 1.165) is 60.3 Å². The molecule has 2 heterocycles. The molecule has 1 fully saturated rings. The summed E-state index contributed by atoms with van der Waals surface area (Å²) in [6.07, 6.45) is 12.3. The zero-order valence-corrected chi connectivity index (χ0v) is 20.1. The molecule has 1 unspecified atom stereocenters. The maximum Gasteiger partial charge on any atom is 0.142 e. The van der Waals surface area contributed by atoms with Gasteiger partial charge in [0.05, 0.1) is 5.39 Å². The van der Waals surface area contributed by atoms with E-state index < -0.39 is 9.73 Å². The lowest BCUT2D eigenvalue weighted by molar-refractivity contribution is 0.342. The van der Waals surface area contributed by atoms with Gasteiger partial charge < -0.3 is 9.88 Å². The first kappa shape index (κ1) is 23.4. The van der Waals surface area contributed by atoms with Crippen LogP contribution < -0.4 is 4.90 Å². The van der Waals surface area contributed by atoms with E-state index in [1.165, 1.54) is 0 Å². The van der Waals surface area contributed by atoms with Gasteiger partial charge in [-0.25, -0.2) is 18.5 Å². The van der Waals surface area contributed by atoms with E-state index in [-0.39, 0.29) is 0 Å². The van der Waals surface area contributed by atoms with Crippen molar-refractivity contribution in [3.63, 3.8) is 0 Å². The van der Waals surface area contributed by atoms with E-state index in [0.29, 0.717) is 24.3 Å². The Morgan fingerprint density at radius 3 is 2.81 bits per heavy atom. The van der Waals surface area contributed by atoms with Crippen molar-refractivity contribution in [2.75, 3.05) is 30.0 Å². The molecule has 1 N–H and O–H groups in total. The third-order valence-corrected chi connectivity index (χ3v) is 8.71. The first-order chi connectivity index (χ1) is 15.0. The molecule has 1 saturated carbocycles. The summed E-state index contributed by atoms with van der Waals surface area (Å²) < 4.78 is 18.1. The lowest BCUT2D eigenvalue weighted by Crippen LogP contribution is -2.37. The molecule has 170 valence electrons. The predicted octanol–water partition coefficient (Wildman–Crippen LogP) is 4.83. The van der Waals surface area contributed by atoms with E-state index in [9.17, 15) is 4.21 Å². The fraction of sp³-hybridized carbons (Fsp3) is 0.609. The van der Waals surface area contributed by atoms with Gasteiger partial charge in [-0.05, 0) is 64.9 Å². The number of rotatable bonds is 9. The van der Waals surface area contributed by atoms with Gasteiger partial charge in [-0.1, -0.05) is 5.57 Å². The maximum atomic E-state index is 13.5. The number of hydrogen-bond donors (Lipinski definition) is 1. The van der Waals surface area contributed by atoms with Crippen molar-refractivity contribution in [2.24, 2.45) is 15.3 Å². The quantitative estimate of drug-likeness (QED) is 0.562. The van der Waals surface area contributed by atoms with Crippen LogP contribution >= 0.6 is 0 Å². The number of aromatic nitrogens is 3. The average molecular weight is 445 g/mol. The van der Waals surface area contributed by atoms with Crippen LogP contribution in [0.1, 0.15) is 52.9 Å². The van der Waals surface area contributed by atoms with Crippen molar-refractivity contribution in [3.05, 3.63) is 30.4 Å². The maximum absolute atomic E-state index is 13.5. The normalized spacial score (nSPS) is 22.0. The van der Waals surface area contributed by atoms with Crippen LogP contribution in [0.25, 0.3) is 11.0 Å². The lowest BCUT2D eigenvalue weighted by atomic mass is 9.86. The summed E-state index contributed by atoms with van der Waals surface area (Å²) in [5.74, 6) is 2.81. The Labute approximate surface area is 186 Å². The van der Waals surface area contributed by atoms with Crippen molar-refractivity contribution in [2.45, 2.75) is 58.9 Å². The summed E-state index contributed by atoms with van der Waals surface area (Å²) in [6, 6.07) is 2.48. The van der Waals surface area contributed by atoms with Crippen LogP contribution in [-0.2, 0) is 9.73 Å². The molecule has 3 rings (SSSR count).